The van der Waals surface area contributed by atoms with Crippen LogP contribution >= 0.6 is 0 Å². The Labute approximate surface area is 166 Å². The van der Waals surface area contributed by atoms with Gasteiger partial charge in [0.25, 0.3) is 0 Å². The fourth-order valence-electron chi connectivity index (χ4n) is 2.98. The van der Waals surface area contributed by atoms with Gasteiger partial charge in [0.15, 0.2) is 0 Å². The van der Waals surface area contributed by atoms with Gasteiger partial charge in [-0.25, -0.2) is 9.37 Å². The lowest BCUT2D eigenvalue weighted by Gasteiger charge is -2.08. The van der Waals surface area contributed by atoms with E-state index in [2.05, 4.69) is 25.4 Å². The minimum absolute atomic E-state index is 0.0717. The van der Waals surface area contributed by atoms with Crippen molar-refractivity contribution in [3.8, 4) is 11.3 Å². The smallest absolute Gasteiger partial charge is 0.242 e. The van der Waals surface area contributed by atoms with Gasteiger partial charge in [0.05, 0.1) is 12.2 Å². The van der Waals surface area contributed by atoms with Crippen molar-refractivity contribution >= 4 is 5.91 Å². The van der Waals surface area contributed by atoms with Gasteiger partial charge >= 0.3 is 0 Å². The number of imidazole rings is 1. The molecule has 8 heteroatoms. The van der Waals surface area contributed by atoms with Gasteiger partial charge in [0, 0.05) is 42.5 Å². The van der Waals surface area contributed by atoms with Crippen molar-refractivity contribution in [2.45, 2.75) is 19.5 Å². The van der Waals surface area contributed by atoms with Crippen molar-refractivity contribution in [2.24, 2.45) is 0 Å². The summed E-state index contributed by atoms with van der Waals surface area (Å²) in [4.78, 5) is 23.5. The second kappa shape index (κ2) is 8.47. The SMILES string of the molecule is O=C(Cn1nc(-c2ccncc2)cc1Cc1ccc(F)cc1)NCc1ncc[nH]1. The summed E-state index contributed by atoms with van der Waals surface area (Å²) < 4.78 is 14.9. The van der Waals surface area contributed by atoms with Crippen molar-refractivity contribution in [3.05, 3.63) is 90.2 Å². The number of aromatic nitrogens is 5. The van der Waals surface area contributed by atoms with Crippen LogP contribution in [0.1, 0.15) is 17.1 Å². The van der Waals surface area contributed by atoms with Crippen molar-refractivity contribution in [3.63, 3.8) is 0 Å². The third-order valence-electron chi connectivity index (χ3n) is 4.44. The molecule has 146 valence electrons. The Kier molecular flexibility index (Phi) is 5.42. The molecule has 7 nitrogen and oxygen atoms in total. The first-order valence-electron chi connectivity index (χ1n) is 9.14. The van der Waals surface area contributed by atoms with Gasteiger partial charge in [-0.2, -0.15) is 5.10 Å². The Morgan fingerprint density at radius 3 is 2.62 bits per heavy atom. The minimum atomic E-state index is -0.281. The molecule has 3 heterocycles. The third kappa shape index (κ3) is 4.73. The summed E-state index contributed by atoms with van der Waals surface area (Å²) in [6.07, 6.45) is 7.27. The predicted molar refractivity (Wildman–Crippen MR) is 105 cm³/mol. The number of nitrogens with one attached hydrogen (secondary N) is 2. The molecule has 0 radical (unpaired) electrons. The maximum absolute atomic E-state index is 13.2. The maximum Gasteiger partial charge on any atom is 0.242 e. The number of aromatic amines is 1. The van der Waals surface area contributed by atoms with Gasteiger partial charge in [-0.3, -0.25) is 14.5 Å². The summed E-state index contributed by atoms with van der Waals surface area (Å²) in [5.74, 6) is 0.228. The van der Waals surface area contributed by atoms with Crippen molar-refractivity contribution < 1.29 is 9.18 Å². The molecular weight excluding hydrogens is 371 g/mol. The van der Waals surface area contributed by atoms with Crippen LogP contribution in [0.5, 0.6) is 0 Å². The molecule has 1 aromatic carbocycles. The number of carbonyl (C=O) groups is 1. The molecule has 0 saturated heterocycles. The highest BCUT2D eigenvalue weighted by molar-refractivity contribution is 5.75. The summed E-state index contributed by atoms with van der Waals surface area (Å²) in [5, 5.41) is 7.44. The predicted octanol–water partition coefficient (Wildman–Crippen LogP) is 2.71. The van der Waals surface area contributed by atoms with Crippen LogP contribution in [-0.2, 0) is 24.3 Å². The molecule has 0 bridgehead atoms. The van der Waals surface area contributed by atoms with E-state index in [-0.39, 0.29) is 18.3 Å². The normalized spacial score (nSPS) is 10.8. The highest BCUT2D eigenvalue weighted by Gasteiger charge is 2.13. The second-order valence-electron chi connectivity index (χ2n) is 6.53. The number of nitrogens with zero attached hydrogens (tertiary/aromatic N) is 4. The lowest BCUT2D eigenvalue weighted by Crippen LogP contribution is -2.28. The molecule has 0 saturated carbocycles. The van der Waals surface area contributed by atoms with Crippen LogP contribution < -0.4 is 5.32 Å². The average Bonchev–Trinajstić information content (AvgIpc) is 3.39. The fourth-order valence-corrected chi connectivity index (χ4v) is 2.98. The lowest BCUT2D eigenvalue weighted by atomic mass is 10.1. The second-order valence-corrected chi connectivity index (χ2v) is 6.53. The van der Waals surface area contributed by atoms with E-state index in [1.54, 1.807) is 41.6 Å². The maximum atomic E-state index is 13.2. The number of amides is 1. The monoisotopic (exact) mass is 390 g/mol. The molecule has 0 aliphatic carbocycles. The first-order chi connectivity index (χ1) is 14.2. The van der Waals surface area contributed by atoms with Crippen LogP contribution in [0.15, 0.2) is 67.3 Å². The quantitative estimate of drug-likeness (QED) is 0.508. The molecule has 29 heavy (non-hydrogen) atoms. The van der Waals surface area contributed by atoms with E-state index in [9.17, 15) is 9.18 Å². The van der Waals surface area contributed by atoms with Crippen LogP contribution in [0.4, 0.5) is 4.39 Å². The van der Waals surface area contributed by atoms with Gasteiger partial charge in [0.1, 0.15) is 18.2 Å². The first-order valence-corrected chi connectivity index (χ1v) is 9.14. The summed E-state index contributed by atoms with van der Waals surface area (Å²) in [6.45, 7) is 0.389. The van der Waals surface area contributed by atoms with E-state index in [0.717, 1.165) is 22.5 Å². The number of carbonyl (C=O) groups excluding carboxylic acids is 1. The first kappa shape index (κ1) is 18.5. The molecule has 0 aliphatic rings. The molecule has 1 amide bonds. The number of halogens is 1. The van der Waals surface area contributed by atoms with Crippen molar-refractivity contribution in [2.75, 3.05) is 0 Å². The zero-order valence-electron chi connectivity index (χ0n) is 15.5. The highest BCUT2D eigenvalue weighted by Crippen LogP contribution is 2.20. The Hall–Kier alpha value is -3.81. The topological polar surface area (TPSA) is 88.5 Å². The molecule has 2 N–H and O–H groups in total. The molecule has 0 atom stereocenters. The van der Waals surface area contributed by atoms with Gasteiger partial charge in [-0.1, -0.05) is 12.1 Å². The molecule has 0 aliphatic heterocycles. The van der Waals surface area contributed by atoms with E-state index in [0.29, 0.717) is 18.8 Å². The zero-order chi connectivity index (χ0) is 20.1. The van der Waals surface area contributed by atoms with Crippen molar-refractivity contribution in [1.29, 1.82) is 0 Å². The van der Waals surface area contributed by atoms with Crippen molar-refractivity contribution in [1.82, 2.24) is 30.0 Å². The Balaban J connectivity index is 1.55. The lowest BCUT2D eigenvalue weighted by molar-refractivity contribution is -0.122. The Bertz CT molecular complexity index is 1070. The number of hydrogen-bond acceptors (Lipinski definition) is 4. The molecule has 4 rings (SSSR count). The van der Waals surface area contributed by atoms with E-state index < -0.39 is 0 Å². The number of rotatable bonds is 7. The zero-order valence-corrected chi connectivity index (χ0v) is 15.5. The van der Waals surface area contributed by atoms with E-state index in [1.807, 2.05) is 18.2 Å². The van der Waals surface area contributed by atoms with Crippen LogP contribution in [0.3, 0.4) is 0 Å². The van der Waals surface area contributed by atoms with Crippen LogP contribution in [-0.4, -0.2) is 30.6 Å². The largest absolute Gasteiger partial charge is 0.347 e. The Morgan fingerprint density at radius 2 is 1.90 bits per heavy atom. The molecule has 0 spiro atoms. The minimum Gasteiger partial charge on any atom is -0.347 e. The van der Waals surface area contributed by atoms with Gasteiger partial charge in [0.2, 0.25) is 5.91 Å². The molecule has 0 unspecified atom stereocenters. The van der Waals surface area contributed by atoms with E-state index in [1.165, 1.54) is 12.1 Å². The molecule has 3 aromatic heterocycles. The molecule has 0 fully saturated rings. The summed E-state index contributed by atoms with van der Waals surface area (Å²) >= 11 is 0. The van der Waals surface area contributed by atoms with Crippen LogP contribution in [0.25, 0.3) is 11.3 Å². The third-order valence-corrected chi connectivity index (χ3v) is 4.44. The number of benzene rings is 1. The van der Waals surface area contributed by atoms with E-state index >= 15 is 0 Å². The van der Waals surface area contributed by atoms with Gasteiger partial charge in [-0.05, 0) is 35.9 Å². The van der Waals surface area contributed by atoms with Gasteiger partial charge < -0.3 is 10.3 Å². The summed E-state index contributed by atoms with van der Waals surface area (Å²) in [6, 6.07) is 12.0. The molecule has 4 aromatic rings. The van der Waals surface area contributed by atoms with Crippen LogP contribution in [0.2, 0.25) is 0 Å². The van der Waals surface area contributed by atoms with Gasteiger partial charge in [-0.15, -0.1) is 0 Å². The highest BCUT2D eigenvalue weighted by atomic mass is 19.1. The molecular formula is C21H19FN6O. The number of H-pyrrole nitrogens is 1. The average molecular weight is 390 g/mol. The Morgan fingerprint density at radius 1 is 1.10 bits per heavy atom. The standard InChI is InChI=1S/C21H19FN6O/c22-17-3-1-15(2-4-17)11-18-12-19(16-5-7-23-8-6-16)27-28(18)14-21(29)26-13-20-24-9-10-25-20/h1-10,12H,11,13-14H2,(H,24,25)(H,26,29). The van der Waals surface area contributed by atoms with E-state index in [4.69, 9.17) is 0 Å². The summed E-state index contributed by atoms with van der Waals surface area (Å²) in [5.41, 5.74) is 3.46. The van der Waals surface area contributed by atoms with Crippen LogP contribution in [0, 0.1) is 5.82 Å². The number of hydrogen-bond donors (Lipinski definition) is 2. The number of pyridine rings is 1. The summed E-state index contributed by atoms with van der Waals surface area (Å²) in [7, 11) is 0. The fraction of sp³-hybridized carbons (Fsp3) is 0.143.